The molecule has 0 fully saturated rings. The van der Waals surface area contributed by atoms with Gasteiger partial charge in [-0.05, 0) is 46.3 Å². The molecule has 0 aliphatic heterocycles. The maximum absolute atomic E-state index is 10.8. The summed E-state index contributed by atoms with van der Waals surface area (Å²) in [5.41, 5.74) is 14.6. The summed E-state index contributed by atoms with van der Waals surface area (Å²) in [7, 11) is 0. The molecule has 3 nitrogen and oxygen atoms in total. The number of phenolic OH excluding ortho intramolecular Hbond substituents is 1. The molecule has 0 aromatic heterocycles. The molecule has 0 bridgehead atoms. The van der Waals surface area contributed by atoms with Gasteiger partial charge in [-0.1, -0.05) is 59.8 Å². The largest absolute Gasteiger partial charge is 0.507 e. The van der Waals surface area contributed by atoms with Crippen molar-refractivity contribution >= 4 is 6.08 Å². The lowest BCUT2D eigenvalue weighted by Crippen LogP contribution is -2.45. The van der Waals surface area contributed by atoms with Crippen LogP contribution in [0.4, 0.5) is 0 Å². The van der Waals surface area contributed by atoms with Gasteiger partial charge in [-0.25, -0.2) is 0 Å². The zero-order valence-corrected chi connectivity index (χ0v) is 15.6. The Morgan fingerprint density at radius 3 is 1.92 bits per heavy atom. The van der Waals surface area contributed by atoms with Crippen LogP contribution in [0.3, 0.4) is 0 Å². The molecule has 1 aliphatic carbocycles. The zero-order valence-electron chi connectivity index (χ0n) is 15.6. The van der Waals surface area contributed by atoms with Crippen LogP contribution < -0.4 is 11.5 Å². The topological polar surface area (TPSA) is 72.3 Å². The highest BCUT2D eigenvalue weighted by molar-refractivity contribution is 5.68. The average Bonchev–Trinajstić information content (AvgIpc) is 2.40. The summed E-state index contributed by atoms with van der Waals surface area (Å²) in [6.07, 6.45) is 9.27. The Kier molecular flexibility index (Phi) is 4.55. The summed E-state index contributed by atoms with van der Waals surface area (Å²) < 4.78 is 0. The van der Waals surface area contributed by atoms with Crippen LogP contribution >= 0.6 is 0 Å². The summed E-state index contributed by atoms with van der Waals surface area (Å²) >= 11 is 0. The van der Waals surface area contributed by atoms with Gasteiger partial charge < -0.3 is 16.6 Å². The number of hydrogen-bond donors (Lipinski definition) is 3. The first-order valence-electron chi connectivity index (χ1n) is 8.35. The summed E-state index contributed by atoms with van der Waals surface area (Å²) in [6, 6.07) is 4.18. The van der Waals surface area contributed by atoms with Crippen molar-refractivity contribution in [1.29, 1.82) is 0 Å². The van der Waals surface area contributed by atoms with E-state index in [1.54, 1.807) is 12.2 Å². The quantitative estimate of drug-likeness (QED) is 0.680. The van der Waals surface area contributed by atoms with Crippen LogP contribution in [-0.4, -0.2) is 10.8 Å². The van der Waals surface area contributed by atoms with E-state index in [0.29, 0.717) is 5.75 Å². The van der Waals surface area contributed by atoms with E-state index in [1.807, 2.05) is 18.2 Å². The highest BCUT2D eigenvalue weighted by Gasteiger charge is 2.24. The van der Waals surface area contributed by atoms with Gasteiger partial charge in [-0.15, -0.1) is 0 Å². The Bertz CT molecular complexity index is 705. The lowest BCUT2D eigenvalue weighted by atomic mass is 9.78. The molecule has 3 heteroatoms. The molecular formula is C21H30N2O. The van der Waals surface area contributed by atoms with Crippen molar-refractivity contribution in [3.05, 3.63) is 58.7 Å². The minimum Gasteiger partial charge on any atom is -0.507 e. The van der Waals surface area contributed by atoms with Crippen molar-refractivity contribution in [2.75, 3.05) is 0 Å². The van der Waals surface area contributed by atoms with E-state index < -0.39 is 5.66 Å². The lowest BCUT2D eigenvalue weighted by molar-refractivity contribution is 0.443. The SMILES string of the molecule is CC(C)(C)c1cc(C=C2C=CC(N)(N)C=C2)c(O)c(C(C)(C)C)c1. The third-order valence-corrected chi connectivity index (χ3v) is 4.26. The van der Waals surface area contributed by atoms with Gasteiger partial charge in [-0.2, -0.15) is 0 Å². The fourth-order valence-electron chi connectivity index (χ4n) is 2.64. The van der Waals surface area contributed by atoms with Gasteiger partial charge in [0.05, 0.1) is 0 Å². The van der Waals surface area contributed by atoms with Crippen LogP contribution in [0.15, 0.2) is 42.0 Å². The van der Waals surface area contributed by atoms with Crippen LogP contribution in [0.1, 0.15) is 58.2 Å². The summed E-state index contributed by atoms with van der Waals surface area (Å²) in [5, 5.41) is 10.8. The lowest BCUT2D eigenvalue weighted by Gasteiger charge is -2.27. The molecule has 2 rings (SSSR count). The van der Waals surface area contributed by atoms with Gasteiger partial charge >= 0.3 is 0 Å². The maximum Gasteiger partial charge on any atom is 0.126 e. The smallest absolute Gasteiger partial charge is 0.126 e. The van der Waals surface area contributed by atoms with E-state index >= 15 is 0 Å². The molecule has 5 N–H and O–H groups in total. The highest BCUT2D eigenvalue weighted by atomic mass is 16.3. The minimum atomic E-state index is -0.900. The number of phenols is 1. The molecule has 0 saturated carbocycles. The van der Waals surface area contributed by atoms with E-state index in [-0.39, 0.29) is 10.8 Å². The van der Waals surface area contributed by atoms with Gasteiger partial charge in [0.15, 0.2) is 0 Å². The Labute approximate surface area is 145 Å². The minimum absolute atomic E-state index is 0.00285. The van der Waals surface area contributed by atoms with Crippen molar-refractivity contribution < 1.29 is 5.11 Å². The van der Waals surface area contributed by atoms with Crippen molar-refractivity contribution in [2.45, 2.75) is 58.0 Å². The predicted molar refractivity (Wildman–Crippen MR) is 103 cm³/mol. The number of benzene rings is 1. The normalized spacial score (nSPS) is 17.2. The van der Waals surface area contributed by atoms with Crippen LogP contribution in [-0.2, 0) is 10.8 Å². The van der Waals surface area contributed by atoms with Gasteiger partial charge in [0.25, 0.3) is 0 Å². The van der Waals surface area contributed by atoms with E-state index in [9.17, 15) is 5.11 Å². The first-order chi connectivity index (χ1) is 10.8. The standard InChI is InChI=1S/C21H30N2O/c1-19(2,3)16-12-15(18(24)17(13-16)20(4,5)6)11-14-7-9-21(22,23)10-8-14/h7-13,24H,22-23H2,1-6H3. The Hall–Kier alpha value is -1.84. The van der Waals surface area contributed by atoms with E-state index in [2.05, 4.69) is 53.7 Å². The molecule has 0 heterocycles. The molecule has 0 atom stereocenters. The van der Waals surface area contributed by atoms with Gasteiger partial charge in [0.1, 0.15) is 11.4 Å². The third-order valence-electron chi connectivity index (χ3n) is 4.26. The van der Waals surface area contributed by atoms with Crippen LogP contribution in [0.25, 0.3) is 6.08 Å². The van der Waals surface area contributed by atoms with Crippen LogP contribution in [0.5, 0.6) is 5.75 Å². The van der Waals surface area contributed by atoms with Crippen molar-refractivity contribution in [1.82, 2.24) is 0 Å². The molecule has 0 radical (unpaired) electrons. The molecule has 0 amide bonds. The number of aromatic hydroxyl groups is 1. The fraction of sp³-hybridized carbons (Fsp3) is 0.429. The number of nitrogens with two attached hydrogens (primary N) is 2. The van der Waals surface area contributed by atoms with Crippen molar-refractivity contribution in [2.24, 2.45) is 11.5 Å². The zero-order chi connectivity index (χ0) is 18.3. The van der Waals surface area contributed by atoms with Crippen molar-refractivity contribution in [3.8, 4) is 5.75 Å². The van der Waals surface area contributed by atoms with Crippen LogP contribution in [0, 0.1) is 0 Å². The second kappa shape index (κ2) is 5.91. The first kappa shape index (κ1) is 18.5. The molecule has 1 aromatic carbocycles. The Morgan fingerprint density at radius 1 is 0.917 bits per heavy atom. The molecule has 1 aliphatic rings. The molecule has 0 saturated heterocycles. The van der Waals surface area contributed by atoms with Crippen molar-refractivity contribution in [3.63, 3.8) is 0 Å². The second-order valence-corrected chi connectivity index (χ2v) is 8.77. The molecule has 24 heavy (non-hydrogen) atoms. The van der Waals surface area contributed by atoms with E-state index in [1.165, 1.54) is 5.56 Å². The third kappa shape index (κ3) is 4.16. The molecule has 130 valence electrons. The number of allylic oxidation sites excluding steroid dienone is 3. The van der Waals surface area contributed by atoms with Gasteiger partial charge in [0.2, 0.25) is 0 Å². The van der Waals surface area contributed by atoms with Crippen LogP contribution in [0.2, 0.25) is 0 Å². The molecule has 0 unspecified atom stereocenters. The predicted octanol–water partition coefficient (Wildman–Crippen LogP) is 4.11. The molecule has 1 aromatic rings. The maximum atomic E-state index is 10.8. The fourth-order valence-corrected chi connectivity index (χ4v) is 2.64. The second-order valence-electron chi connectivity index (χ2n) is 8.77. The van der Waals surface area contributed by atoms with Gasteiger partial charge in [0, 0.05) is 11.1 Å². The summed E-state index contributed by atoms with van der Waals surface area (Å²) in [6.45, 7) is 12.9. The monoisotopic (exact) mass is 326 g/mol. The molecule has 0 spiro atoms. The van der Waals surface area contributed by atoms with E-state index in [4.69, 9.17) is 11.5 Å². The number of hydrogen-bond acceptors (Lipinski definition) is 3. The summed E-state index contributed by atoms with van der Waals surface area (Å²) in [5.74, 6) is 0.335. The Morgan fingerprint density at radius 2 is 1.46 bits per heavy atom. The molecular weight excluding hydrogens is 296 g/mol. The summed E-state index contributed by atoms with van der Waals surface area (Å²) in [4.78, 5) is 0. The highest BCUT2D eigenvalue weighted by Crippen LogP contribution is 2.38. The average molecular weight is 326 g/mol. The Balaban J connectivity index is 2.60. The van der Waals surface area contributed by atoms with Gasteiger partial charge in [-0.3, -0.25) is 0 Å². The number of rotatable bonds is 1. The first-order valence-corrected chi connectivity index (χ1v) is 8.35. The van der Waals surface area contributed by atoms with E-state index in [0.717, 1.165) is 16.7 Å².